The zero-order chi connectivity index (χ0) is 18.7. The van der Waals surface area contributed by atoms with E-state index in [0.717, 1.165) is 5.56 Å². The van der Waals surface area contributed by atoms with E-state index in [-0.39, 0.29) is 35.5 Å². The number of nitrogens with zero attached hydrogens (tertiary/aromatic N) is 3. The first-order chi connectivity index (χ1) is 12.4. The van der Waals surface area contributed by atoms with Crippen LogP contribution >= 0.6 is 11.6 Å². The molecule has 1 aromatic heterocycles. The van der Waals surface area contributed by atoms with E-state index in [2.05, 4.69) is 10.4 Å². The normalized spacial score (nSPS) is 15.8. The molecule has 0 radical (unpaired) electrons. The fourth-order valence-corrected chi connectivity index (χ4v) is 4.51. The molecule has 26 heavy (non-hydrogen) atoms. The van der Waals surface area contributed by atoms with Gasteiger partial charge in [-0.3, -0.25) is 9.48 Å². The molecule has 1 aromatic carbocycles. The van der Waals surface area contributed by atoms with Crippen LogP contribution in [0.15, 0.2) is 35.5 Å². The highest BCUT2D eigenvalue weighted by atomic mass is 35.5. The Morgan fingerprint density at radius 3 is 2.73 bits per heavy atom. The lowest BCUT2D eigenvalue weighted by Gasteiger charge is -2.26. The molecule has 1 saturated heterocycles. The fourth-order valence-electron chi connectivity index (χ4n) is 2.61. The smallest absolute Gasteiger partial charge is 0.246 e. The van der Waals surface area contributed by atoms with Crippen molar-refractivity contribution in [3.8, 4) is 0 Å². The number of aryl methyl sites for hydroxylation is 1. The molecular formula is C16H19ClN4O4S. The number of anilines is 1. The number of ether oxygens (including phenoxy) is 1. The minimum absolute atomic E-state index is 0.0298. The molecule has 3 rings (SSSR count). The Kier molecular flexibility index (Phi) is 5.61. The highest BCUT2D eigenvalue weighted by Crippen LogP contribution is 2.28. The van der Waals surface area contributed by atoms with Crippen molar-refractivity contribution in [1.82, 2.24) is 14.1 Å². The molecule has 1 amide bonds. The van der Waals surface area contributed by atoms with Crippen LogP contribution in [0, 0.1) is 6.92 Å². The van der Waals surface area contributed by atoms with Crippen LogP contribution in [0.3, 0.4) is 0 Å². The van der Waals surface area contributed by atoms with E-state index in [9.17, 15) is 13.2 Å². The predicted molar refractivity (Wildman–Crippen MR) is 96.6 cm³/mol. The van der Waals surface area contributed by atoms with Crippen LogP contribution in [0.25, 0.3) is 0 Å². The van der Waals surface area contributed by atoms with Gasteiger partial charge in [0.1, 0.15) is 11.4 Å². The maximum absolute atomic E-state index is 12.8. The van der Waals surface area contributed by atoms with Crippen molar-refractivity contribution in [2.45, 2.75) is 18.4 Å². The Hall–Kier alpha value is -1.94. The first kappa shape index (κ1) is 18.8. The summed E-state index contributed by atoms with van der Waals surface area (Å²) in [5.41, 5.74) is 1.30. The highest BCUT2D eigenvalue weighted by molar-refractivity contribution is 7.89. The molecule has 0 saturated carbocycles. The number of amides is 1. The second kappa shape index (κ2) is 7.75. The van der Waals surface area contributed by atoms with E-state index < -0.39 is 10.0 Å². The Morgan fingerprint density at radius 2 is 2.08 bits per heavy atom. The van der Waals surface area contributed by atoms with Gasteiger partial charge in [-0.2, -0.15) is 9.40 Å². The third-order valence-corrected chi connectivity index (χ3v) is 6.25. The lowest BCUT2D eigenvalue weighted by Crippen LogP contribution is -2.40. The van der Waals surface area contributed by atoms with Gasteiger partial charge in [0.2, 0.25) is 15.9 Å². The van der Waals surface area contributed by atoms with Crippen molar-refractivity contribution in [1.29, 1.82) is 0 Å². The molecular weight excluding hydrogens is 380 g/mol. The van der Waals surface area contributed by atoms with E-state index in [1.165, 1.54) is 21.1 Å². The lowest BCUT2D eigenvalue weighted by atomic mass is 10.3. The van der Waals surface area contributed by atoms with Crippen LogP contribution in [-0.4, -0.2) is 54.7 Å². The number of carbonyl (C=O) groups excluding carboxylic acids is 1. The summed E-state index contributed by atoms with van der Waals surface area (Å²) in [4.78, 5) is 12.1. The van der Waals surface area contributed by atoms with Gasteiger partial charge in [0.15, 0.2) is 0 Å². The largest absolute Gasteiger partial charge is 0.379 e. The molecule has 2 aromatic rings. The van der Waals surface area contributed by atoms with Crippen LogP contribution in [-0.2, 0) is 26.1 Å². The van der Waals surface area contributed by atoms with Crippen LogP contribution in [0.2, 0.25) is 5.02 Å². The quantitative estimate of drug-likeness (QED) is 0.823. The number of aromatic nitrogens is 2. The number of halogens is 1. The van der Waals surface area contributed by atoms with Crippen LogP contribution in [0.1, 0.15) is 5.56 Å². The van der Waals surface area contributed by atoms with Crippen molar-refractivity contribution in [3.05, 3.63) is 41.2 Å². The molecule has 0 bridgehead atoms. The van der Waals surface area contributed by atoms with Crippen LogP contribution in [0.5, 0.6) is 0 Å². The number of hydrogen-bond donors (Lipinski definition) is 1. The van der Waals surface area contributed by atoms with Crippen molar-refractivity contribution in [3.63, 3.8) is 0 Å². The summed E-state index contributed by atoms with van der Waals surface area (Å²) >= 11 is 6.11. The van der Waals surface area contributed by atoms with Gasteiger partial charge in [-0.05, 0) is 30.7 Å². The molecule has 0 unspecified atom stereocenters. The number of rotatable bonds is 5. The van der Waals surface area contributed by atoms with E-state index in [0.29, 0.717) is 18.9 Å². The third-order valence-electron chi connectivity index (χ3n) is 3.87. The Labute approximate surface area is 156 Å². The second-order valence-corrected chi connectivity index (χ2v) is 8.24. The first-order valence-corrected chi connectivity index (χ1v) is 9.84. The van der Waals surface area contributed by atoms with Gasteiger partial charge in [0.25, 0.3) is 0 Å². The number of nitrogens with one attached hydrogen (secondary N) is 1. The maximum Gasteiger partial charge on any atom is 0.246 e. The fraction of sp³-hybridized carbons (Fsp3) is 0.375. The Bertz CT molecular complexity index is 907. The zero-order valence-electron chi connectivity index (χ0n) is 14.2. The van der Waals surface area contributed by atoms with E-state index in [1.807, 2.05) is 6.92 Å². The van der Waals surface area contributed by atoms with Crippen LogP contribution in [0.4, 0.5) is 5.69 Å². The number of sulfonamides is 1. The number of benzene rings is 1. The van der Waals surface area contributed by atoms with Gasteiger partial charge in [-0.1, -0.05) is 11.6 Å². The molecule has 10 heteroatoms. The maximum atomic E-state index is 12.8. The highest BCUT2D eigenvalue weighted by Gasteiger charge is 2.28. The van der Waals surface area contributed by atoms with Crippen LogP contribution < -0.4 is 5.32 Å². The molecule has 140 valence electrons. The first-order valence-electron chi connectivity index (χ1n) is 8.02. The van der Waals surface area contributed by atoms with Gasteiger partial charge in [-0.25, -0.2) is 8.42 Å². The molecule has 1 fully saturated rings. The number of hydrogen-bond acceptors (Lipinski definition) is 5. The topological polar surface area (TPSA) is 93.5 Å². The summed E-state index contributed by atoms with van der Waals surface area (Å²) in [5, 5.41) is 6.83. The van der Waals surface area contributed by atoms with Gasteiger partial charge in [-0.15, -0.1) is 0 Å². The van der Waals surface area contributed by atoms with Gasteiger partial charge >= 0.3 is 0 Å². The zero-order valence-corrected chi connectivity index (χ0v) is 15.8. The van der Waals surface area contributed by atoms with E-state index in [4.69, 9.17) is 16.3 Å². The third kappa shape index (κ3) is 4.24. The molecule has 0 spiro atoms. The van der Waals surface area contributed by atoms with Gasteiger partial charge in [0.05, 0.1) is 24.4 Å². The van der Waals surface area contributed by atoms with Crippen molar-refractivity contribution in [2.75, 3.05) is 31.6 Å². The van der Waals surface area contributed by atoms with Gasteiger partial charge in [0, 0.05) is 25.0 Å². The molecule has 1 N–H and O–H groups in total. The minimum atomic E-state index is -3.75. The van der Waals surface area contributed by atoms with E-state index >= 15 is 0 Å². The number of carbonyl (C=O) groups is 1. The summed E-state index contributed by atoms with van der Waals surface area (Å²) in [6, 6.07) is 4.40. The Balaban J connectivity index is 1.77. The molecule has 1 aliphatic heterocycles. The summed E-state index contributed by atoms with van der Waals surface area (Å²) < 4.78 is 33.6. The van der Waals surface area contributed by atoms with Crippen molar-refractivity contribution >= 4 is 33.2 Å². The lowest BCUT2D eigenvalue weighted by molar-refractivity contribution is -0.116. The van der Waals surface area contributed by atoms with E-state index in [1.54, 1.807) is 18.5 Å². The average molecular weight is 399 g/mol. The molecule has 1 aliphatic rings. The van der Waals surface area contributed by atoms with Gasteiger partial charge < -0.3 is 10.1 Å². The predicted octanol–water partition coefficient (Wildman–Crippen LogP) is 1.50. The monoisotopic (exact) mass is 398 g/mol. The molecule has 0 atom stereocenters. The standard InChI is InChI=1S/C16H19ClN4O4S/c1-12-9-18-20(10-12)11-16(22)19-13-2-3-14(17)15(8-13)26(23,24)21-4-6-25-7-5-21/h2-3,8-10H,4-7,11H2,1H3,(H,19,22). The summed E-state index contributed by atoms with van der Waals surface area (Å²) in [5.74, 6) is -0.315. The summed E-state index contributed by atoms with van der Waals surface area (Å²) in [6.07, 6.45) is 3.40. The van der Waals surface area contributed by atoms with Crippen molar-refractivity contribution < 1.29 is 17.9 Å². The average Bonchev–Trinajstić information content (AvgIpc) is 3.02. The van der Waals surface area contributed by atoms with Crippen molar-refractivity contribution in [2.24, 2.45) is 0 Å². The second-order valence-electron chi connectivity index (χ2n) is 5.93. The summed E-state index contributed by atoms with van der Waals surface area (Å²) in [7, 11) is -3.75. The Morgan fingerprint density at radius 1 is 1.35 bits per heavy atom. The SMILES string of the molecule is Cc1cnn(CC(=O)Nc2ccc(Cl)c(S(=O)(=O)N3CCOCC3)c2)c1. The minimum Gasteiger partial charge on any atom is -0.379 e. The molecule has 8 nitrogen and oxygen atoms in total. The summed E-state index contributed by atoms with van der Waals surface area (Å²) in [6.45, 7) is 3.14. The molecule has 2 heterocycles. The molecule has 0 aliphatic carbocycles. The number of morpholine rings is 1.